The van der Waals surface area contributed by atoms with Gasteiger partial charge in [-0.25, -0.2) is 9.97 Å². The number of aromatic nitrogens is 2. The minimum Gasteiger partial charge on any atom is -0.479 e. The monoisotopic (exact) mass is 251 g/mol. The van der Waals surface area contributed by atoms with Gasteiger partial charge in [0.15, 0.2) is 0 Å². The number of hydrogen-bond acceptors (Lipinski definition) is 5. The predicted molar refractivity (Wildman–Crippen MR) is 67.4 cm³/mol. The number of fused-ring (bicyclic) bond motifs is 1. The molecule has 0 bridgehead atoms. The topological polar surface area (TPSA) is 44.2 Å². The number of pyridine rings is 1. The summed E-state index contributed by atoms with van der Waals surface area (Å²) < 4.78 is 32.6. The second-order valence-corrected chi connectivity index (χ2v) is 4.52. The summed E-state index contributed by atoms with van der Waals surface area (Å²) in [5.74, 6) is 0.0534. The first kappa shape index (κ1) is 7.79. The molecule has 4 nitrogen and oxygen atoms in total. The fraction of sp³-hybridized carbons (Fsp3) is 0.333. The zero-order valence-electron chi connectivity index (χ0n) is 12.0. The van der Waals surface area contributed by atoms with Gasteiger partial charge in [0.2, 0.25) is 5.88 Å². The molecule has 2 aromatic rings. The normalized spacial score (nSPS) is 19.3. The van der Waals surface area contributed by atoms with Gasteiger partial charge in [0.05, 0.1) is 34.6 Å². The Morgan fingerprint density at radius 1 is 1.53 bits per heavy atom. The van der Waals surface area contributed by atoms with E-state index in [0.717, 1.165) is 22.3 Å². The Bertz CT molecular complexity index is 666. The molecule has 0 saturated carbocycles. The van der Waals surface area contributed by atoms with E-state index in [1.54, 1.807) is 11.7 Å². The summed E-state index contributed by atoms with van der Waals surface area (Å²) >= 11 is 1.45. The molecule has 2 aromatic heterocycles. The van der Waals surface area contributed by atoms with Crippen molar-refractivity contribution in [1.82, 2.24) is 9.97 Å². The van der Waals surface area contributed by atoms with E-state index in [4.69, 9.17) is 13.6 Å². The molecule has 17 heavy (non-hydrogen) atoms. The lowest BCUT2D eigenvalue weighted by molar-refractivity contribution is 0.161. The lowest BCUT2D eigenvalue weighted by atomic mass is 10.0. The lowest BCUT2D eigenvalue weighted by Gasteiger charge is -2.14. The van der Waals surface area contributed by atoms with Crippen molar-refractivity contribution < 1.29 is 13.6 Å². The van der Waals surface area contributed by atoms with Crippen LogP contribution in [0.25, 0.3) is 15.8 Å². The molecule has 0 radical (unpaired) electrons. The molecule has 5 heteroatoms. The summed E-state index contributed by atoms with van der Waals surface area (Å²) in [6.07, 6.45) is 4.48. The molecular formula is C12H12N2O2S. The Morgan fingerprint density at radius 2 is 2.53 bits per heavy atom. The number of hydrogen-bond donors (Lipinski definition) is 0. The van der Waals surface area contributed by atoms with E-state index >= 15 is 0 Å². The van der Waals surface area contributed by atoms with Crippen molar-refractivity contribution in [2.45, 2.75) is 6.42 Å². The van der Waals surface area contributed by atoms with E-state index in [0.29, 0.717) is 18.7 Å². The van der Waals surface area contributed by atoms with Crippen LogP contribution >= 0.6 is 11.3 Å². The van der Waals surface area contributed by atoms with Crippen LogP contribution in [0, 0.1) is 0 Å². The van der Waals surface area contributed by atoms with Crippen LogP contribution in [0.4, 0.5) is 0 Å². The highest BCUT2D eigenvalue weighted by molar-refractivity contribution is 7.17. The number of nitrogens with zero attached hydrogens (tertiary/aromatic N) is 2. The van der Waals surface area contributed by atoms with E-state index in [1.807, 2.05) is 6.08 Å². The van der Waals surface area contributed by atoms with Gasteiger partial charge in [-0.1, -0.05) is 6.08 Å². The third-order valence-corrected chi connectivity index (χ3v) is 3.59. The average molecular weight is 251 g/mol. The van der Waals surface area contributed by atoms with Crippen molar-refractivity contribution in [1.29, 1.82) is 0 Å². The Morgan fingerprint density at radius 3 is 3.35 bits per heavy atom. The van der Waals surface area contributed by atoms with E-state index in [1.165, 1.54) is 11.3 Å². The van der Waals surface area contributed by atoms with Crippen LogP contribution in [0.2, 0.25) is 0 Å². The van der Waals surface area contributed by atoms with Crippen LogP contribution in [0.5, 0.6) is 5.88 Å². The molecule has 0 fully saturated rings. The highest BCUT2D eigenvalue weighted by atomic mass is 32.1. The van der Waals surface area contributed by atoms with E-state index in [2.05, 4.69) is 9.97 Å². The molecule has 0 unspecified atom stereocenters. The maximum Gasteiger partial charge on any atom is 0.241 e. The van der Waals surface area contributed by atoms with Crippen LogP contribution in [-0.4, -0.2) is 30.2 Å². The van der Waals surface area contributed by atoms with Crippen molar-refractivity contribution in [3.8, 4) is 5.88 Å². The van der Waals surface area contributed by atoms with Gasteiger partial charge in [-0.05, 0) is 12.0 Å². The van der Waals surface area contributed by atoms with Gasteiger partial charge in [-0.15, -0.1) is 11.3 Å². The van der Waals surface area contributed by atoms with Crippen LogP contribution in [0.3, 0.4) is 0 Å². The van der Waals surface area contributed by atoms with Crippen molar-refractivity contribution in [2.24, 2.45) is 0 Å². The van der Waals surface area contributed by atoms with Gasteiger partial charge in [-0.2, -0.15) is 0 Å². The predicted octanol–water partition coefficient (Wildman–Crippen LogP) is 2.50. The summed E-state index contributed by atoms with van der Waals surface area (Å²) in [4.78, 5) is 8.30. The van der Waals surface area contributed by atoms with Gasteiger partial charge >= 0.3 is 0 Å². The quantitative estimate of drug-likeness (QED) is 0.822. The van der Waals surface area contributed by atoms with Gasteiger partial charge < -0.3 is 9.47 Å². The standard InChI is InChI=1S/C12H12N2O2S/c1-15-12-10-11(17-7-14-10)9(6-13-12)8-2-4-16-5-3-8/h2,6-7H,3-5H2,1H3/i1D3. The third-order valence-electron chi connectivity index (χ3n) is 2.73. The maximum absolute atomic E-state index is 7.17. The third kappa shape index (κ3) is 1.81. The minimum atomic E-state index is -2.52. The Labute approximate surface area is 107 Å². The summed E-state index contributed by atoms with van der Waals surface area (Å²) in [6, 6.07) is 0. The molecule has 3 rings (SSSR count). The largest absolute Gasteiger partial charge is 0.479 e. The highest BCUT2D eigenvalue weighted by Crippen LogP contribution is 2.33. The molecule has 0 saturated heterocycles. The first-order valence-corrected chi connectivity index (χ1v) is 6.11. The molecule has 88 valence electrons. The van der Waals surface area contributed by atoms with Crippen molar-refractivity contribution >= 4 is 27.1 Å². The van der Waals surface area contributed by atoms with E-state index in [9.17, 15) is 0 Å². The van der Waals surface area contributed by atoms with Gasteiger partial charge in [0.1, 0.15) is 5.52 Å². The average Bonchev–Trinajstić information content (AvgIpc) is 2.88. The van der Waals surface area contributed by atoms with Gasteiger partial charge in [0.25, 0.3) is 0 Å². The van der Waals surface area contributed by atoms with Crippen molar-refractivity contribution in [2.75, 3.05) is 20.3 Å². The number of rotatable bonds is 2. The summed E-state index contributed by atoms with van der Waals surface area (Å²) in [5.41, 5.74) is 4.29. The van der Waals surface area contributed by atoms with Crippen LogP contribution in [0.15, 0.2) is 17.8 Å². The van der Waals surface area contributed by atoms with Crippen LogP contribution in [-0.2, 0) is 4.74 Å². The SMILES string of the molecule is [2H]C([2H])([2H])Oc1ncc(C2=CCOCC2)c2scnc12. The minimum absolute atomic E-state index is 0.0534. The fourth-order valence-corrected chi connectivity index (χ4v) is 2.73. The molecule has 0 atom stereocenters. The Kier molecular flexibility index (Phi) is 2.03. The molecule has 0 amide bonds. The molecule has 0 aliphatic carbocycles. The molecule has 0 aromatic carbocycles. The van der Waals surface area contributed by atoms with Gasteiger partial charge in [0, 0.05) is 11.8 Å². The Balaban J connectivity index is 2.07. The summed E-state index contributed by atoms with van der Waals surface area (Å²) in [6.45, 7) is 1.27. The zero-order valence-corrected chi connectivity index (χ0v) is 9.79. The second-order valence-electron chi connectivity index (χ2n) is 3.66. The number of methoxy groups -OCH3 is 1. The molecule has 0 N–H and O–H groups in total. The summed E-state index contributed by atoms with van der Waals surface area (Å²) in [7, 11) is -2.52. The first-order valence-electron chi connectivity index (χ1n) is 6.73. The lowest BCUT2D eigenvalue weighted by Crippen LogP contribution is -2.04. The van der Waals surface area contributed by atoms with Crippen molar-refractivity contribution in [3.05, 3.63) is 23.3 Å². The maximum atomic E-state index is 7.17. The van der Waals surface area contributed by atoms with Gasteiger partial charge in [-0.3, -0.25) is 0 Å². The molecule has 1 aliphatic rings. The summed E-state index contributed by atoms with van der Waals surface area (Å²) in [5, 5.41) is 0. The highest BCUT2D eigenvalue weighted by Gasteiger charge is 2.15. The number of thiazole rings is 1. The molecule has 0 spiro atoms. The molecular weight excluding hydrogens is 236 g/mol. The smallest absolute Gasteiger partial charge is 0.241 e. The van der Waals surface area contributed by atoms with E-state index < -0.39 is 7.04 Å². The van der Waals surface area contributed by atoms with Crippen molar-refractivity contribution in [3.63, 3.8) is 0 Å². The zero-order chi connectivity index (χ0) is 14.2. The molecule has 1 aliphatic heterocycles. The second kappa shape index (κ2) is 4.43. The number of ether oxygens (including phenoxy) is 2. The van der Waals surface area contributed by atoms with Crippen LogP contribution in [0.1, 0.15) is 16.1 Å². The van der Waals surface area contributed by atoms with Crippen LogP contribution < -0.4 is 4.74 Å². The van der Waals surface area contributed by atoms with E-state index in [-0.39, 0.29) is 5.88 Å². The first-order chi connectivity index (χ1) is 9.54. The molecule has 3 heterocycles. The fourth-order valence-electron chi connectivity index (χ4n) is 1.91. The Hall–Kier alpha value is -1.46.